The number of aliphatic hydroxyl groups is 9. The summed E-state index contributed by atoms with van der Waals surface area (Å²) in [5, 5.41) is 147. The van der Waals surface area contributed by atoms with Gasteiger partial charge in [0.1, 0.15) is 0 Å². The molecule has 10 atom stereocenters. The first-order chi connectivity index (χ1) is 23.4. The topological polar surface area (TPSA) is 416 Å². The fourth-order valence-electron chi connectivity index (χ4n) is 5.13. The Hall–Kier alpha value is -0.110. The molecule has 2 rings (SSSR count). The normalized spacial score (nSPS) is 31.9. The van der Waals surface area contributed by atoms with Crippen LogP contribution < -0.4 is 0 Å². The van der Waals surface area contributed by atoms with E-state index in [1.165, 1.54) is 0 Å². The number of carbonyl (C=O) groups is 4. The third-order valence-corrected chi connectivity index (χ3v) is 7.68. The number of aliphatic hydroxyl groups excluding tert-OH is 9. The van der Waals surface area contributed by atoms with Crippen LogP contribution in [0.1, 0.15) is 13.3 Å². The second-order valence-electron chi connectivity index (χ2n) is 11.5. The van der Waals surface area contributed by atoms with Crippen LogP contribution in [-0.4, -0.2) is 221 Å². The maximum atomic E-state index is 10.7. The molecule has 304 valence electrons. The molecule has 0 aromatic heterocycles. The first kappa shape index (κ1) is 57.2. The van der Waals surface area contributed by atoms with Crippen LogP contribution in [0.3, 0.4) is 0 Å². The minimum absolute atomic E-state index is 0. The van der Waals surface area contributed by atoms with E-state index in [1.807, 2.05) is 0 Å². The predicted molar refractivity (Wildman–Crippen MR) is 168 cm³/mol. The van der Waals surface area contributed by atoms with E-state index in [0.29, 0.717) is 6.42 Å². The van der Waals surface area contributed by atoms with Crippen molar-refractivity contribution in [2.75, 3.05) is 45.9 Å². The van der Waals surface area contributed by atoms with Gasteiger partial charge in [-0.1, -0.05) is 43.2 Å². The molecule has 10 unspecified atom stereocenters. The summed E-state index contributed by atoms with van der Waals surface area (Å²) in [7, 11) is 0. The van der Waals surface area contributed by atoms with Crippen molar-refractivity contribution < 1.29 is 163 Å². The quantitative estimate of drug-likeness (QED) is 0.0508. The molecule has 0 radical (unpaired) electrons. The smallest absolute Gasteiger partial charge is 0.282 e. The fraction of sp³-hybridized carbons (Fsp3) is 0.852. The molecule has 2 saturated carbocycles. The van der Waals surface area contributed by atoms with Crippen molar-refractivity contribution in [3.8, 4) is 0 Å². The Balaban J connectivity index is -0.000000893. The van der Waals surface area contributed by atoms with Crippen molar-refractivity contribution in [2.45, 2.75) is 98.4 Å². The molecule has 0 bridgehead atoms. The van der Waals surface area contributed by atoms with Crippen LogP contribution in [0.2, 0.25) is 0 Å². The molecule has 2 aliphatic carbocycles. The number of aliphatic carboxylic acids is 4. The second kappa shape index (κ2) is 29.2. The Bertz CT molecular complexity index is 937. The van der Waals surface area contributed by atoms with Crippen LogP contribution in [0.5, 0.6) is 0 Å². The monoisotopic (exact) mass is 1270 g/mol. The van der Waals surface area contributed by atoms with Gasteiger partial charge in [-0.2, -0.15) is 0 Å². The van der Waals surface area contributed by atoms with Crippen molar-refractivity contribution in [1.82, 2.24) is 0 Å². The Morgan fingerprint density at radius 3 is 0.849 bits per heavy atom. The summed E-state index contributed by atoms with van der Waals surface area (Å²) >= 11 is 0. The van der Waals surface area contributed by atoms with Crippen molar-refractivity contribution in [3.05, 3.63) is 31.9 Å². The van der Waals surface area contributed by atoms with Gasteiger partial charge < -0.3 is 98.3 Å². The van der Waals surface area contributed by atoms with Crippen molar-refractivity contribution in [2.24, 2.45) is 0 Å². The molecule has 2 fully saturated rings. The second-order valence-corrected chi connectivity index (χ2v) is 11.5. The molecule has 0 heterocycles. The van der Waals surface area contributed by atoms with E-state index in [0.717, 1.165) is 0 Å². The third-order valence-electron chi connectivity index (χ3n) is 7.68. The average molecular weight is 1260 g/mol. The van der Waals surface area contributed by atoms with E-state index in [-0.39, 0.29) is 90.6 Å². The Morgan fingerprint density at radius 1 is 0.453 bits per heavy atom. The zero-order valence-corrected chi connectivity index (χ0v) is 39.1. The summed E-state index contributed by atoms with van der Waals surface area (Å²) in [6, 6.07) is -7.88. The van der Waals surface area contributed by atoms with Crippen molar-refractivity contribution in [1.29, 1.82) is 0 Å². The van der Waals surface area contributed by atoms with Gasteiger partial charge in [0.15, 0.2) is 0 Å². The fourth-order valence-corrected chi connectivity index (χ4v) is 5.13. The summed E-state index contributed by atoms with van der Waals surface area (Å²) in [5.41, 5.74) is 0. The number of hydrogen-bond donors (Lipinski definition) is 13. The maximum Gasteiger partial charge on any atom is 0.282 e. The molecule has 53 heavy (non-hydrogen) atoms. The first-order valence-electron chi connectivity index (χ1n) is 15.3. The van der Waals surface area contributed by atoms with Crippen LogP contribution in [0.25, 0.3) is 31.9 Å². The molecule has 2 aliphatic rings. The summed E-state index contributed by atoms with van der Waals surface area (Å²) in [4.78, 5) is 42.7. The number of carboxylic acid groups (broad SMARTS) is 4. The Labute approximate surface area is 360 Å². The van der Waals surface area contributed by atoms with Gasteiger partial charge in [-0.05, 0) is 32.6 Å². The molecule has 23 nitrogen and oxygen atoms in total. The Kier molecular flexibility index (Phi) is 31.5. The van der Waals surface area contributed by atoms with Gasteiger partial charge in [0.2, 0.25) is 0 Å². The van der Waals surface area contributed by atoms with Gasteiger partial charge in [0.25, 0.3) is 23.9 Å². The largest absolute Gasteiger partial charge is 0.653 e. The molecule has 26 heteroatoms. The molecular weight excluding hydrogens is 1220 g/mol. The van der Waals surface area contributed by atoms with Gasteiger partial charge >= 0.3 is 0 Å². The summed E-state index contributed by atoms with van der Waals surface area (Å²) in [5.74, 6) is -5.18. The molecule has 0 aromatic carbocycles. The van der Waals surface area contributed by atoms with E-state index in [2.05, 4.69) is 31.9 Å². The summed E-state index contributed by atoms with van der Waals surface area (Å²) < 4.78 is 0. The number of hydrogen-bond acceptors (Lipinski definition) is 13. The van der Waals surface area contributed by atoms with E-state index >= 15 is 0 Å². The van der Waals surface area contributed by atoms with Crippen molar-refractivity contribution >= 4 is 23.9 Å². The molecule has 0 aromatic rings. The standard InChI is InChI=1S/C14H24N3O8.C13H22N3O9.3Hf/c1-2-6(18)3-15-9-12(23)10(16-4-7(19)20)14(25)11(13(9)24)17-5-8(21)22;17-4-5(18)1-14-8-11(23)9(15-2-6(19)20)13(25)10(12(8)24)16-3-7(21)22;;;/h6,9-14,18,23-25H,2-5H2,1H3,(H,19,20)(H,21,22);5,8-13,17-18,23-25H,1-4H2,(H,19,20)(H,21,22);;;/q2*-3;;;. The zero-order chi connectivity index (χ0) is 38.3. The number of carboxylic acids is 4. The first-order valence-corrected chi connectivity index (χ1v) is 15.3. The third kappa shape index (κ3) is 19.3. The zero-order valence-electron chi connectivity index (χ0n) is 28.4. The van der Waals surface area contributed by atoms with Crippen LogP contribution in [0.15, 0.2) is 0 Å². The average Bonchev–Trinajstić information content (AvgIpc) is 3.03. The van der Waals surface area contributed by atoms with E-state index in [1.54, 1.807) is 6.92 Å². The molecule has 0 spiro atoms. The van der Waals surface area contributed by atoms with Crippen LogP contribution >= 0.6 is 0 Å². The summed E-state index contributed by atoms with van der Waals surface area (Å²) in [6.07, 6.45) is -11.0. The SMILES string of the molecule is CCC(O)C[N-]C1C(O)C([N-]CC(=O)O)C(O)C([N-]CC(=O)O)C1O.O=C(O)C[N-]C1C(O)C([N-]CC(=O)O)C(O)C([N-]CC(O)CO)C1O.[Hf].[Hf].[Hf]. The predicted octanol–water partition coefficient (Wildman–Crippen LogP) is -4.93. The molecule has 13 N–H and O–H groups in total. The van der Waals surface area contributed by atoms with E-state index < -0.39 is 142 Å². The van der Waals surface area contributed by atoms with Crippen LogP contribution in [-0.2, 0) is 96.7 Å². The summed E-state index contributed by atoms with van der Waals surface area (Å²) in [6.45, 7) is -2.17. The molecular formula is C27H46Hf3N6O17-6. The minimum Gasteiger partial charge on any atom is -0.653 e. The van der Waals surface area contributed by atoms with Crippen LogP contribution in [0, 0.1) is 0 Å². The Morgan fingerprint density at radius 2 is 0.660 bits per heavy atom. The molecule has 0 saturated heterocycles. The van der Waals surface area contributed by atoms with Gasteiger partial charge in [-0.3, -0.25) is 19.2 Å². The van der Waals surface area contributed by atoms with E-state index in [9.17, 15) is 60.0 Å². The van der Waals surface area contributed by atoms with Gasteiger partial charge in [-0.25, -0.2) is 0 Å². The van der Waals surface area contributed by atoms with Crippen LogP contribution in [0.4, 0.5) is 0 Å². The molecule has 0 aliphatic heterocycles. The maximum absolute atomic E-state index is 10.7. The minimum atomic E-state index is -1.61. The number of nitrogens with zero attached hydrogens (tertiary/aromatic N) is 6. The van der Waals surface area contributed by atoms with Gasteiger partial charge in [0, 0.05) is 120 Å². The molecule has 0 amide bonds. The van der Waals surface area contributed by atoms with Crippen molar-refractivity contribution in [3.63, 3.8) is 0 Å². The van der Waals surface area contributed by atoms with Gasteiger partial charge in [-0.15, -0.1) is 13.1 Å². The number of rotatable bonds is 20. The van der Waals surface area contributed by atoms with Gasteiger partial charge in [0.05, 0.1) is 12.7 Å². The van der Waals surface area contributed by atoms with E-state index in [4.69, 9.17) is 25.5 Å².